The summed E-state index contributed by atoms with van der Waals surface area (Å²) < 4.78 is 7.29. The minimum atomic E-state index is -0.529. The van der Waals surface area contributed by atoms with Crippen molar-refractivity contribution in [3.8, 4) is 0 Å². The highest BCUT2D eigenvalue weighted by Crippen LogP contribution is 2.43. The molecule has 2 aliphatic heterocycles. The van der Waals surface area contributed by atoms with Crippen LogP contribution in [-0.2, 0) is 14.3 Å². The average Bonchev–Trinajstić information content (AvgIpc) is 3.41. The number of ether oxygens (including phenoxy) is 1. The number of aromatic nitrogens is 2. The number of nitrogens with zero attached hydrogens (tertiary/aromatic N) is 5. The van der Waals surface area contributed by atoms with Crippen LogP contribution in [0.25, 0.3) is 23.3 Å². The molecule has 1 N–H and O–H groups in total. The van der Waals surface area contributed by atoms with Gasteiger partial charge in [0.1, 0.15) is 5.60 Å². The van der Waals surface area contributed by atoms with Crippen LogP contribution >= 0.6 is 55.1 Å². The van der Waals surface area contributed by atoms with Crippen molar-refractivity contribution in [2.45, 2.75) is 52.3 Å². The summed E-state index contributed by atoms with van der Waals surface area (Å²) in [5.74, 6) is 0.000222. The third kappa shape index (κ3) is 9.75. The van der Waals surface area contributed by atoms with E-state index in [4.69, 9.17) is 37.9 Å². The maximum absolute atomic E-state index is 12.6. The summed E-state index contributed by atoms with van der Waals surface area (Å²) in [5, 5.41) is 4.62. The number of hydrogen-bond acceptors (Lipinski definition) is 9. The van der Waals surface area contributed by atoms with E-state index in [9.17, 15) is 14.4 Å². The van der Waals surface area contributed by atoms with Crippen LogP contribution in [0.1, 0.15) is 91.5 Å². The van der Waals surface area contributed by atoms with Gasteiger partial charge in [-0.1, -0.05) is 35.3 Å². The molecule has 0 saturated carbocycles. The van der Waals surface area contributed by atoms with Crippen molar-refractivity contribution in [2.24, 2.45) is 0 Å². The molecule has 308 valence electrons. The van der Waals surface area contributed by atoms with Gasteiger partial charge in [0.2, 0.25) is 0 Å². The zero-order valence-electron chi connectivity index (χ0n) is 33.6. The van der Waals surface area contributed by atoms with Crippen LogP contribution in [0.3, 0.4) is 0 Å². The maximum Gasteiger partial charge on any atom is 0.410 e. The monoisotopic (exact) mass is 962 g/mol. The number of fused-ring (bicyclic) bond motifs is 4. The predicted molar refractivity (Wildman–Crippen MR) is 241 cm³/mol. The highest BCUT2D eigenvalue weighted by molar-refractivity contribution is 9.10. The van der Waals surface area contributed by atoms with Crippen molar-refractivity contribution in [2.75, 3.05) is 52.4 Å². The normalized spacial score (nSPS) is 19.2. The Hall–Kier alpha value is -3.75. The second-order valence-corrected chi connectivity index (χ2v) is 18.7. The van der Waals surface area contributed by atoms with Crippen LogP contribution in [-0.4, -0.2) is 100 Å². The fourth-order valence-electron chi connectivity index (χ4n) is 8.13. The molecule has 10 nitrogen and oxygen atoms in total. The molecular weight excluding hydrogens is 919 g/mol. The zero-order chi connectivity index (χ0) is 42.2. The van der Waals surface area contributed by atoms with E-state index >= 15 is 0 Å². The van der Waals surface area contributed by atoms with E-state index in [1.54, 1.807) is 24.9 Å². The lowest BCUT2D eigenvalue weighted by Crippen LogP contribution is -2.51. The molecule has 4 aromatic rings. The van der Waals surface area contributed by atoms with Gasteiger partial charge in [-0.25, -0.2) is 4.79 Å². The fourth-order valence-corrected chi connectivity index (χ4v) is 9.17. The van der Waals surface area contributed by atoms with Gasteiger partial charge in [-0.3, -0.25) is 29.4 Å². The molecule has 8 rings (SSSR count). The van der Waals surface area contributed by atoms with Crippen LogP contribution in [0.5, 0.6) is 0 Å². The van der Waals surface area contributed by atoms with E-state index in [2.05, 4.69) is 47.0 Å². The molecule has 2 aromatic heterocycles. The van der Waals surface area contributed by atoms with Crippen LogP contribution in [0.15, 0.2) is 69.9 Å². The molecule has 59 heavy (non-hydrogen) atoms. The molecule has 2 aliphatic carbocycles. The summed E-state index contributed by atoms with van der Waals surface area (Å²) in [6.45, 7) is 14.9. The topological polar surface area (TPSA) is 108 Å². The molecular formula is C45H46Br2Cl2N6O4. The maximum atomic E-state index is 12.6. The summed E-state index contributed by atoms with van der Waals surface area (Å²) in [7, 11) is 0. The number of nitrogens with one attached hydrogen (secondary N) is 1. The molecule has 2 fully saturated rings. The number of ketones is 2. The third-order valence-electron chi connectivity index (χ3n) is 10.8. The smallest absolute Gasteiger partial charge is 0.410 e. The first-order valence-corrected chi connectivity index (χ1v) is 21.9. The average molecular weight is 966 g/mol. The first-order chi connectivity index (χ1) is 28.1. The number of benzene rings is 2. The van der Waals surface area contributed by atoms with Gasteiger partial charge in [0, 0.05) is 94.9 Å². The zero-order valence-corrected chi connectivity index (χ0v) is 38.3. The Morgan fingerprint density at radius 1 is 0.695 bits per heavy atom. The number of carbonyl (C=O) groups excluding carboxylic acids is 3. The fraction of sp³-hybridized carbons (Fsp3) is 0.356. The largest absolute Gasteiger partial charge is 0.444 e. The lowest BCUT2D eigenvalue weighted by atomic mass is 9.92. The highest BCUT2D eigenvalue weighted by atomic mass is 79.9. The third-order valence-corrected chi connectivity index (χ3v) is 12.1. The van der Waals surface area contributed by atoms with Crippen LogP contribution in [0.4, 0.5) is 4.79 Å². The minimum absolute atomic E-state index is 0.000525. The second kappa shape index (κ2) is 18.1. The Balaban J connectivity index is 0.000000184. The Kier molecular flexibility index (Phi) is 13.3. The van der Waals surface area contributed by atoms with Gasteiger partial charge in [-0.05, 0) is 148 Å². The van der Waals surface area contributed by atoms with E-state index in [0.717, 1.165) is 79.9 Å². The molecule has 0 unspecified atom stereocenters. The molecule has 0 radical (unpaired) electrons. The van der Waals surface area contributed by atoms with Gasteiger partial charge in [0.15, 0.2) is 11.6 Å². The summed E-state index contributed by atoms with van der Waals surface area (Å²) >= 11 is 19.7. The Morgan fingerprint density at radius 2 is 1.14 bits per heavy atom. The van der Waals surface area contributed by atoms with Gasteiger partial charge >= 0.3 is 6.09 Å². The number of allylic oxidation sites excluding steroid dienone is 2. The number of pyridine rings is 2. The predicted octanol–water partition coefficient (Wildman–Crippen LogP) is 9.52. The second-order valence-electron chi connectivity index (χ2n) is 16.0. The lowest BCUT2D eigenvalue weighted by molar-refractivity contribution is -0.112. The van der Waals surface area contributed by atoms with Crippen molar-refractivity contribution in [1.29, 1.82) is 0 Å². The first kappa shape index (κ1) is 43.3. The number of piperazine rings is 2. The Labute approximate surface area is 372 Å². The number of amides is 1. The summed E-state index contributed by atoms with van der Waals surface area (Å²) in [6.07, 6.45) is 7.17. The summed E-state index contributed by atoms with van der Waals surface area (Å²) in [6, 6.07) is 15.4. The van der Waals surface area contributed by atoms with Crippen LogP contribution < -0.4 is 5.32 Å². The molecule has 4 heterocycles. The van der Waals surface area contributed by atoms with Crippen molar-refractivity contribution >= 4 is 96.0 Å². The number of rotatable bonds is 4. The van der Waals surface area contributed by atoms with Gasteiger partial charge in [-0.2, -0.15) is 0 Å². The molecule has 0 spiro atoms. The van der Waals surface area contributed by atoms with Gasteiger partial charge in [0.05, 0.1) is 23.5 Å². The first-order valence-electron chi connectivity index (χ1n) is 19.6. The summed E-state index contributed by atoms with van der Waals surface area (Å²) in [4.78, 5) is 53.6. The standard InChI is InChI=1S/C25H27BrClN3O3.C20H19BrClN3O/c1-15(31)20-12-16-11-17(26)14-28-22(16)23(19-6-5-18(27)13-21(19)20)29-7-9-30(10-8-29)24(32)33-25(2,3)4;1-12(26)17-9-13-8-14(21)11-24-19(13)20(25-6-4-23-5-7-25)16-3-2-15(22)10-18(16)17/h5-6,11-14,23H,7-10H2,1-4H3;2-3,8-11,20,23H,4-7H2,1H3/t23-;20-/m11/s1. The van der Waals surface area contributed by atoms with Crippen molar-refractivity contribution < 1.29 is 19.1 Å². The number of hydrogen-bond donors (Lipinski definition) is 1. The SMILES string of the molecule is CC(=O)C1=Cc2cc(Br)cnc2[C@H](N2CCN(C(=O)OC(C)(C)C)CC2)c2ccc(Cl)cc21.CC(=O)C1=Cc2cc(Br)cnc2[C@H](N2CCNCC2)c2ccc(Cl)cc21. The molecule has 1 amide bonds. The molecule has 2 aromatic carbocycles. The van der Waals surface area contributed by atoms with Crippen molar-refractivity contribution in [1.82, 2.24) is 30.0 Å². The Morgan fingerprint density at radius 3 is 1.56 bits per heavy atom. The molecule has 4 aliphatic rings. The van der Waals surface area contributed by atoms with Gasteiger partial charge in [0.25, 0.3) is 0 Å². The quantitative estimate of drug-likeness (QED) is 0.214. The van der Waals surface area contributed by atoms with Crippen LogP contribution in [0, 0.1) is 0 Å². The van der Waals surface area contributed by atoms with Crippen molar-refractivity contribution in [3.05, 3.63) is 125 Å². The number of Topliss-reactive ketones (excluding diaryl/α,β-unsaturated/α-hetero) is 2. The van der Waals surface area contributed by atoms with Crippen LogP contribution in [0.2, 0.25) is 10.0 Å². The van der Waals surface area contributed by atoms with E-state index in [-0.39, 0.29) is 29.7 Å². The summed E-state index contributed by atoms with van der Waals surface area (Å²) in [5.41, 5.74) is 8.29. The molecule has 2 atom stereocenters. The number of carbonyl (C=O) groups is 3. The molecule has 14 heteroatoms. The highest BCUT2D eigenvalue weighted by Gasteiger charge is 2.36. The van der Waals surface area contributed by atoms with Gasteiger partial charge in [-0.15, -0.1) is 0 Å². The van der Waals surface area contributed by atoms with E-state index in [1.165, 1.54) is 0 Å². The van der Waals surface area contributed by atoms with Gasteiger partial charge < -0.3 is 15.0 Å². The lowest BCUT2D eigenvalue weighted by Gasteiger charge is -2.40. The molecule has 0 bridgehead atoms. The van der Waals surface area contributed by atoms with E-state index in [1.807, 2.05) is 87.7 Å². The molecule has 2 saturated heterocycles. The number of halogens is 4. The Bertz CT molecular complexity index is 2370. The van der Waals surface area contributed by atoms with Crippen molar-refractivity contribution in [3.63, 3.8) is 0 Å². The van der Waals surface area contributed by atoms with E-state index in [0.29, 0.717) is 47.4 Å². The van der Waals surface area contributed by atoms with E-state index < -0.39 is 5.60 Å². The minimum Gasteiger partial charge on any atom is -0.444 e.